The van der Waals surface area contributed by atoms with E-state index in [1.54, 1.807) is 31.2 Å². The van der Waals surface area contributed by atoms with Gasteiger partial charge in [-0.25, -0.2) is 8.42 Å². The molecule has 0 aliphatic rings. The molecule has 3 aromatic rings. The number of nitrogens with zero attached hydrogens (tertiary/aromatic N) is 2. The number of carbonyl (C=O) groups excluding carboxylic acids is 2. The Hall–Kier alpha value is -3.65. The van der Waals surface area contributed by atoms with Crippen LogP contribution in [0.3, 0.4) is 0 Å². The topological polar surface area (TPSA) is 86.8 Å². The van der Waals surface area contributed by atoms with Crippen molar-refractivity contribution in [3.63, 3.8) is 0 Å². The van der Waals surface area contributed by atoms with E-state index in [2.05, 4.69) is 5.32 Å². The summed E-state index contributed by atoms with van der Waals surface area (Å²) in [5.41, 5.74) is 3.54. The Morgan fingerprint density at radius 2 is 1.46 bits per heavy atom. The highest BCUT2D eigenvalue weighted by Crippen LogP contribution is 2.28. The molecular weight excluding hydrogens is 510 g/mol. The number of rotatable bonds is 9. The van der Waals surface area contributed by atoms with Crippen LogP contribution in [0.5, 0.6) is 0 Å². The highest BCUT2D eigenvalue weighted by molar-refractivity contribution is 7.92. The summed E-state index contributed by atoms with van der Waals surface area (Å²) < 4.78 is 28.9. The first-order valence-corrected chi connectivity index (χ1v) is 14.4. The summed E-state index contributed by atoms with van der Waals surface area (Å²) in [6.45, 7) is 12.7. The van der Waals surface area contributed by atoms with Gasteiger partial charge in [0.05, 0.1) is 10.6 Å². The Balaban J connectivity index is 2.05. The van der Waals surface area contributed by atoms with E-state index in [1.807, 2.05) is 77.9 Å². The molecule has 0 aromatic heterocycles. The summed E-state index contributed by atoms with van der Waals surface area (Å²) in [6, 6.07) is 20.4. The third-order valence-corrected chi connectivity index (χ3v) is 8.14. The maximum Gasteiger partial charge on any atom is 0.264 e. The van der Waals surface area contributed by atoms with Crippen LogP contribution in [-0.2, 0) is 26.2 Å². The Morgan fingerprint density at radius 3 is 2.03 bits per heavy atom. The largest absolute Gasteiger partial charge is 0.350 e. The zero-order chi connectivity index (χ0) is 29.0. The lowest BCUT2D eigenvalue weighted by atomic mass is 10.1. The normalized spacial score (nSPS) is 12.5. The van der Waals surface area contributed by atoms with Crippen molar-refractivity contribution in [2.75, 3.05) is 10.8 Å². The number of benzene rings is 3. The van der Waals surface area contributed by atoms with Crippen molar-refractivity contribution >= 4 is 27.5 Å². The Morgan fingerprint density at radius 1 is 0.872 bits per heavy atom. The van der Waals surface area contributed by atoms with Crippen molar-refractivity contribution in [2.24, 2.45) is 0 Å². The number of nitrogens with one attached hydrogen (secondary N) is 1. The molecule has 0 saturated heterocycles. The van der Waals surface area contributed by atoms with E-state index >= 15 is 0 Å². The SMILES string of the molecule is Cc1ccc(CN(C(=O)CN(c2ccc(C)cc2C)S(=O)(=O)c2ccccc2)[C@@H](C)C(=O)NC(C)(C)C)cc1. The fourth-order valence-corrected chi connectivity index (χ4v) is 5.76. The molecule has 3 rings (SSSR count). The van der Waals surface area contributed by atoms with Gasteiger partial charge < -0.3 is 10.2 Å². The summed E-state index contributed by atoms with van der Waals surface area (Å²) in [6.07, 6.45) is 0. The highest BCUT2D eigenvalue weighted by Gasteiger charge is 2.33. The predicted molar refractivity (Wildman–Crippen MR) is 156 cm³/mol. The van der Waals surface area contributed by atoms with E-state index in [-0.39, 0.29) is 17.3 Å². The van der Waals surface area contributed by atoms with Crippen molar-refractivity contribution in [1.29, 1.82) is 0 Å². The molecule has 8 heteroatoms. The van der Waals surface area contributed by atoms with Crippen molar-refractivity contribution in [2.45, 2.75) is 71.5 Å². The molecule has 39 heavy (non-hydrogen) atoms. The van der Waals surface area contributed by atoms with Gasteiger partial charge in [-0.05, 0) is 77.8 Å². The van der Waals surface area contributed by atoms with Crippen molar-refractivity contribution in [3.8, 4) is 0 Å². The van der Waals surface area contributed by atoms with Gasteiger partial charge in [0.1, 0.15) is 12.6 Å². The summed E-state index contributed by atoms with van der Waals surface area (Å²) >= 11 is 0. The maximum atomic E-state index is 14.0. The van der Waals surface area contributed by atoms with E-state index in [4.69, 9.17) is 0 Å². The average Bonchev–Trinajstić information content (AvgIpc) is 2.86. The van der Waals surface area contributed by atoms with Crippen LogP contribution in [-0.4, -0.2) is 43.3 Å². The van der Waals surface area contributed by atoms with Crippen molar-refractivity contribution in [3.05, 3.63) is 95.1 Å². The van der Waals surface area contributed by atoms with Gasteiger partial charge in [0.25, 0.3) is 10.0 Å². The molecule has 3 aromatic carbocycles. The molecule has 0 spiro atoms. The molecule has 2 amide bonds. The second-order valence-corrected chi connectivity index (χ2v) is 12.9. The van der Waals surface area contributed by atoms with Crippen LogP contribution in [0.15, 0.2) is 77.7 Å². The number of hydrogen-bond donors (Lipinski definition) is 1. The molecule has 0 saturated carbocycles. The number of amides is 2. The zero-order valence-electron chi connectivity index (χ0n) is 23.9. The summed E-state index contributed by atoms with van der Waals surface area (Å²) in [5, 5.41) is 2.94. The first-order chi connectivity index (χ1) is 18.2. The molecule has 0 heterocycles. The van der Waals surface area contributed by atoms with Gasteiger partial charge in [0.15, 0.2) is 0 Å². The number of aryl methyl sites for hydroxylation is 3. The standard InChI is InChI=1S/C31H39N3O4S/c1-22-13-16-26(17-14-22)20-33(25(4)30(36)32-31(5,6)7)29(35)21-34(28-18-15-23(2)19-24(28)3)39(37,38)27-11-9-8-10-12-27/h8-19,25H,20-21H2,1-7H3,(H,32,36)/t25-/m0/s1. The minimum atomic E-state index is -4.09. The predicted octanol–water partition coefficient (Wildman–Crippen LogP) is 5.14. The fourth-order valence-electron chi connectivity index (χ4n) is 4.27. The molecule has 1 N–H and O–H groups in total. The quantitative estimate of drug-likeness (QED) is 0.401. The van der Waals surface area contributed by atoms with Gasteiger partial charge >= 0.3 is 0 Å². The highest BCUT2D eigenvalue weighted by atomic mass is 32.2. The molecule has 7 nitrogen and oxygen atoms in total. The third-order valence-electron chi connectivity index (χ3n) is 6.37. The summed E-state index contributed by atoms with van der Waals surface area (Å²) in [7, 11) is -4.09. The van der Waals surface area contributed by atoms with Crippen molar-refractivity contribution in [1.82, 2.24) is 10.2 Å². The van der Waals surface area contributed by atoms with Gasteiger partial charge in [-0.1, -0.05) is 65.7 Å². The first-order valence-electron chi connectivity index (χ1n) is 13.0. The molecule has 0 bridgehead atoms. The molecule has 0 aliphatic carbocycles. The molecule has 0 fully saturated rings. The fraction of sp³-hybridized carbons (Fsp3) is 0.355. The zero-order valence-corrected chi connectivity index (χ0v) is 24.7. The van der Waals surface area contributed by atoms with E-state index in [1.165, 1.54) is 17.0 Å². The summed E-state index contributed by atoms with van der Waals surface area (Å²) in [4.78, 5) is 28.7. The first kappa shape index (κ1) is 29.9. The molecular formula is C31H39N3O4S. The van der Waals surface area contributed by atoms with Gasteiger partial charge in [0, 0.05) is 12.1 Å². The van der Waals surface area contributed by atoms with Crippen LogP contribution >= 0.6 is 0 Å². The van der Waals surface area contributed by atoms with E-state index in [9.17, 15) is 18.0 Å². The van der Waals surface area contributed by atoms with Crippen LogP contribution < -0.4 is 9.62 Å². The number of carbonyl (C=O) groups is 2. The Bertz CT molecular complexity index is 1410. The van der Waals surface area contributed by atoms with Crippen LogP contribution in [0.4, 0.5) is 5.69 Å². The minimum Gasteiger partial charge on any atom is -0.350 e. The summed E-state index contributed by atoms with van der Waals surface area (Å²) in [5.74, 6) is -0.793. The van der Waals surface area contributed by atoms with Crippen LogP contribution in [0.2, 0.25) is 0 Å². The second kappa shape index (κ2) is 12.0. The van der Waals surface area contributed by atoms with E-state index in [0.29, 0.717) is 5.69 Å². The van der Waals surface area contributed by atoms with Crippen molar-refractivity contribution < 1.29 is 18.0 Å². The lowest BCUT2D eigenvalue weighted by molar-refractivity contribution is -0.140. The monoisotopic (exact) mass is 549 g/mol. The Labute approximate surface area is 232 Å². The average molecular weight is 550 g/mol. The molecule has 0 aliphatic heterocycles. The lowest BCUT2D eigenvalue weighted by Gasteiger charge is -2.34. The maximum absolute atomic E-state index is 14.0. The van der Waals surface area contributed by atoms with E-state index < -0.39 is 34.1 Å². The van der Waals surface area contributed by atoms with Gasteiger partial charge in [-0.3, -0.25) is 13.9 Å². The lowest BCUT2D eigenvalue weighted by Crippen LogP contribution is -2.54. The number of hydrogen-bond acceptors (Lipinski definition) is 4. The molecule has 1 atom stereocenters. The van der Waals surface area contributed by atoms with Crippen LogP contribution in [0, 0.1) is 20.8 Å². The molecule has 208 valence electrons. The number of sulfonamides is 1. The van der Waals surface area contributed by atoms with Gasteiger partial charge in [-0.15, -0.1) is 0 Å². The van der Waals surface area contributed by atoms with Gasteiger partial charge in [-0.2, -0.15) is 0 Å². The smallest absolute Gasteiger partial charge is 0.264 e. The van der Waals surface area contributed by atoms with Crippen LogP contribution in [0.25, 0.3) is 0 Å². The minimum absolute atomic E-state index is 0.0846. The third kappa shape index (κ3) is 7.69. The van der Waals surface area contributed by atoms with E-state index in [0.717, 1.165) is 26.6 Å². The van der Waals surface area contributed by atoms with Crippen LogP contribution in [0.1, 0.15) is 49.9 Å². The second-order valence-electron chi connectivity index (χ2n) is 11.0. The number of anilines is 1. The Kier molecular flexibility index (Phi) is 9.22. The van der Waals surface area contributed by atoms with Gasteiger partial charge in [0.2, 0.25) is 11.8 Å². The molecule has 0 radical (unpaired) electrons. The molecule has 0 unspecified atom stereocenters.